The maximum Gasteiger partial charge on any atom is 0.273 e. The summed E-state index contributed by atoms with van der Waals surface area (Å²) in [6.07, 6.45) is 3.25. The maximum absolute atomic E-state index is 12.7. The highest BCUT2D eigenvalue weighted by Gasteiger charge is 2.65. The molecule has 3 rings (SSSR count). The average Bonchev–Trinajstić information content (AvgIpc) is 3.08. The van der Waals surface area contributed by atoms with Gasteiger partial charge in [-0.15, -0.1) is 0 Å². The van der Waals surface area contributed by atoms with Crippen LogP contribution in [0.15, 0.2) is 6.20 Å². The minimum atomic E-state index is -3.81. The van der Waals surface area contributed by atoms with Crippen molar-refractivity contribution in [1.82, 2.24) is 15.5 Å². The van der Waals surface area contributed by atoms with Crippen LogP contribution < -0.4 is 10.0 Å². The third-order valence-corrected chi connectivity index (χ3v) is 7.33. The van der Waals surface area contributed by atoms with E-state index in [1.165, 1.54) is 13.2 Å². The zero-order valence-electron chi connectivity index (χ0n) is 14.0. The minimum Gasteiger partial charge on any atom is -0.354 e. The third-order valence-electron chi connectivity index (χ3n) is 5.92. The summed E-state index contributed by atoms with van der Waals surface area (Å²) in [6.45, 7) is 3.97. The molecule has 0 spiro atoms. The van der Waals surface area contributed by atoms with Crippen LogP contribution in [0.1, 0.15) is 43.6 Å². The number of amides is 1. The van der Waals surface area contributed by atoms with Gasteiger partial charge in [-0.3, -0.25) is 19.4 Å². The van der Waals surface area contributed by atoms with Crippen molar-refractivity contribution in [2.24, 2.45) is 16.7 Å². The van der Waals surface area contributed by atoms with E-state index in [0.717, 1.165) is 6.42 Å². The molecular weight excluding hydrogens is 332 g/mol. The molecule has 9 heteroatoms. The molecule has 1 aromatic heterocycles. The lowest BCUT2D eigenvalue weighted by Crippen LogP contribution is -2.43. The topological polar surface area (TPSA) is 121 Å². The number of Topliss-reactive ketones (excluding diaryl/α,β-unsaturated/α-hetero) is 1. The first kappa shape index (κ1) is 16.9. The van der Waals surface area contributed by atoms with Crippen molar-refractivity contribution in [2.75, 3.05) is 17.5 Å². The number of aromatic amines is 1. The van der Waals surface area contributed by atoms with E-state index >= 15 is 0 Å². The SMILES string of the molecule is CNC(=O)c1n[nH]cc1NS(=O)(=O)C[C@@]12CCC(CC1=O)C2(C)C. The zero-order chi connectivity index (χ0) is 17.8. The molecule has 0 aliphatic heterocycles. The van der Waals surface area contributed by atoms with Crippen LogP contribution in [0.25, 0.3) is 0 Å². The Hall–Kier alpha value is -1.90. The number of carbonyl (C=O) groups is 2. The first-order valence-corrected chi connectivity index (χ1v) is 9.58. The number of H-pyrrole nitrogens is 1. The molecule has 2 saturated carbocycles. The molecule has 2 atom stereocenters. The number of ketones is 1. The van der Waals surface area contributed by atoms with Gasteiger partial charge in [0.15, 0.2) is 5.69 Å². The first-order valence-electron chi connectivity index (χ1n) is 7.92. The molecule has 1 unspecified atom stereocenters. The van der Waals surface area contributed by atoms with Crippen molar-refractivity contribution in [3.8, 4) is 0 Å². The van der Waals surface area contributed by atoms with Crippen LogP contribution in [0.4, 0.5) is 5.69 Å². The van der Waals surface area contributed by atoms with E-state index in [1.807, 2.05) is 13.8 Å². The number of hydrogen-bond acceptors (Lipinski definition) is 5. The average molecular weight is 354 g/mol. The highest BCUT2D eigenvalue weighted by molar-refractivity contribution is 7.92. The predicted octanol–water partition coefficient (Wildman–Crippen LogP) is 0.906. The van der Waals surface area contributed by atoms with Crippen molar-refractivity contribution in [1.29, 1.82) is 0 Å². The molecule has 24 heavy (non-hydrogen) atoms. The van der Waals surface area contributed by atoms with Gasteiger partial charge in [-0.25, -0.2) is 8.42 Å². The Morgan fingerprint density at radius 3 is 2.71 bits per heavy atom. The molecule has 2 fully saturated rings. The fourth-order valence-electron chi connectivity index (χ4n) is 4.30. The van der Waals surface area contributed by atoms with Gasteiger partial charge in [-0.2, -0.15) is 5.10 Å². The number of aromatic nitrogens is 2. The Bertz CT molecular complexity index is 798. The molecule has 2 bridgehead atoms. The Balaban J connectivity index is 1.87. The van der Waals surface area contributed by atoms with E-state index in [4.69, 9.17) is 0 Å². The Morgan fingerprint density at radius 2 is 2.17 bits per heavy atom. The first-order chi connectivity index (χ1) is 11.1. The number of sulfonamides is 1. The molecule has 8 nitrogen and oxygen atoms in total. The van der Waals surface area contributed by atoms with Crippen LogP contribution in [0, 0.1) is 16.7 Å². The summed E-state index contributed by atoms with van der Waals surface area (Å²) >= 11 is 0. The van der Waals surface area contributed by atoms with Crippen molar-refractivity contribution >= 4 is 27.4 Å². The monoisotopic (exact) mass is 354 g/mol. The van der Waals surface area contributed by atoms with Crippen LogP contribution in [-0.2, 0) is 14.8 Å². The molecule has 0 saturated heterocycles. The van der Waals surface area contributed by atoms with Gasteiger partial charge < -0.3 is 5.32 Å². The lowest BCUT2D eigenvalue weighted by Gasteiger charge is -2.36. The Morgan fingerprint density at radius 1 is 1.46 bits per heavy atom. The number of hydrogen-bond donors (Lipinski definition) is 3. The number of carbonyl (C=O) groups excluding carboxylic acids is 2. The Labute approximate surface area is 140 Å². The van der Waals surface area contributed by atoms with Crippen molar-refractivity contribution in [2.45, 2.75) is 33.1 Å². The molecular formula is C15H22N4O4S. The van der Waals surface area contributed by atoms with E-state index in [1.54, 1.807) is 0 Å². The lowest BCUT2D eigenvalue weighted by atomic mass is 9.70. The van der Waals surface area contributed by atoms with E-state index < -0.39 is 21.3 Å². The van der Waals surface area contributed by atoms with Gasteiger partial charge in [-0.05, 0) is 24.2 Å². The quantitative estimate of drug-likeness (QED) is 0.725. The van der Waals surface area contributed by atoms with Crippen LogP contribution in [-0.4, -0.2) is 43.1 Å². The zero-order valence-corrected chi connectivity index (χ0v) is 14.8. The summed E-state index contributed by atoms with van der Waals surface area (Å²) in [5.74, 6) is -0.477. The maximum atomic E-state index is 12.7. The molecule has 1 heterocycles. The van der Waals surface area contributed by atoms with Crippen LogP contribution in [0.2, 0.25) is 0 Å². The molecule has 0 radical (unpaired) electrons. The number of fused-ring (bicyclic) bond motifs is 2. The van der Waals surface area contributed by atoms with E-state index in [0.29, 0.717) is 12.8 Å². The summed E-state index contributed by atoms with van der Waals surface area (Å²) < 4.78 is 27.8. The summed E-state index contributed by atoms with van der Waals surface area (Å²) in [4.78, 5) is 24.2. The predicted molar refractivity (Wildman–Crippen MR) is 87.9 cm³/mol. The van der Waals surface area contributed by atoms with Gasteiger partial charge in [0.1, 0.15) is 5.78 Å². The van der Waals surface area contributed by atoms with Gasteiger partial charge in [0, 0.05) is 19.7 Å². The highest BCUT2D eigenvalue weighted by Crippen LogP contribution is 2.64. The fourth-order valence-corrected chi connectivity index (χ4v) is 6.18. The van der Waals surface area contributed by atoms with Crippen LogP contribution in [0.3, 0.4) is 0 Å². The van der Waals surface area contributed by atoms with E-state index in [9.17, 15) is 18.0 Å². The van der Waals surface area contributed by atoms with Crippen molar-refractivity contribution in [3.05, 3.63) is 11.9 Å². The normalized spacial score (nSPS) is 28.1. The largest absolute Gasteiger partial charge is 0.354 e. The summed E-state index contributed by atoms with van der Waals surface area (Å²) in [5.41, 5.74) is -1.12. The van der Waals surface area contributed by atoms with Crippen molar-refractivity contribution in [3.63, 3.8) is 0 Å². The second kappa shape index (κ2) is 5.30. The number of nitrogens with one attached hydrogen (secondary N) is 3. The van der Waals surface area contributed by atoms with Crippen LogP contribution in [0.5, 0.6) is 0 Å². The summed E-state index contributed by atoms with van der Waals surface area (Å²) in [7, 11) is -2.37. The number of nitrogens with zero attached hydrogens (tertiary/aromatic N) is 1. The minimum absolute atomic E-state index is 0.0279. The molecule has 0 aromatic carbocycles. The lowest BCUT2D eigenvalue weighted by molar-refractivity contribution is -0.128. The summed E-state index contributed by atoms with van der Waals surface area (Å²) in [5, 5.41) is 8.64. The number of rotatable bonds is 5. The van der Waals surface area contributed by atoms with Crippen molar-refractivity contribution < 1.29 is 18.0 Å². The second-order valence-corrected chi connectivity index (χ2v) is 8.98. The van der Waals surface area contributed by atoms with Gasteiger partial charge in [0.2, 0.25) is 10.0 Å². The highest BCUT2D eigenvalue weighted by atomic mass is 32.2. The Kier molecular flexibility index (Phi) is 3.74. The molecule has 2 aliphatic carbocycles. The second-order valence-electron chi connectivity index (χ2n) is 7.25. The van der Waals surface area contributed by atoms with Gasteiger partial charge in [0.25, 0.3) is 5.91 Å². The van der Waals surface area contributed by atoms with Crippen LogP contribution >= 0.6 is 0 Å². The van der Waals surface area contributed by atoms with E-state index in [-0.39, 0.29) is 34.3 Å². The molecule has 2 aliphatic rings. The third kappa shape index (κ3) is 2.33. The summed E-state index contributed by atoms with van der Waals surface area (Å²) in [6, 6.07) is 0. The molecule has 132 valence electrons. The van der Waals surface area contributed by atoms with Gasteiger partial charge in [0.05, 0.1) is 16.9 Å². The smallest absolute Gasteiger partial charge is 0.273 e. The standard InChI is InChI=1S/C15H22N4O4S/c1-14(2)9-4-5-15(14,11(20)6-9)8-24(22,23)19-10-7-17-18-12(10)13(21)16-3/h7,9,19H,4-6,8H2,1-3H3,(H,16,21)(H,17,18)/t9?,15-/m0/s1. The number of anilines is 1. The fraction of sp³-hybridized carbons (Fsp3) is 0.667. The van der Waals surface area contributed by atoms with E-state index in [2.05, 4.69) is 20.2 Å². The molecule has 1 aromatic rings. The van der Waals surface area contributed by atoms with Gasteiger partial charge in [-0.1, -0.05) is 13.8 Å². The van der Waals surface area contributed by atoms with Gasteiger partial charge >= 0.3 is 0 Å². The molecule has 1 amide bonds. The molecule has 3 N–H and O–H groups in total.